The number of ether oxygens (including phenoxy) is 2. The van der Waals surface area contributed by atoms with Crippen molar-refractivity contribution in [1.82, 2.24) is 15.5 Å². The number of fused-ring (bicyclic) bond motifs is 1. The van der Waals surface area contributed by atoms with Crippen molar-refractivity contribution in [2.24, 2.45) is 0 Å². The maximum atomic E-state index is 12.8. The number of rotatable bonds is 6. The highest BCUT2D eigenvalue weighted by Gasteiger charge is 2.40. The van der Waals surface area contributed by atoms with Crippen molar-refractivity contribution < 1.29 is 23.9 Å². The fraction of sp³-hybridized carbons (Fsp3) is 0.550. The van der Waals surface area contributed by atoms with Crippen molar-refractivity contribution in [3.05, 3.63) is 29.3 Å². The molecule has 1 atom stereocenters. The molecule has 3 aliphatic rings. The van der Waals surface area contributed by atoms with Crippen molar-refractivity contribution in [3.63, 3.8) is 0 Å². The van der Waals surface area contributed by atoms with E-state index in [4.69, 9.17) is 9.47 Å². The first kappa shape index (κ1) is 18.9. The first-order valence-electron chi connectivity index (χ1n) is 9.85. The van der Waals surface area contributed by atoms with Crippen molar-refractivity contribution in [2.45, 2.75) is 44.4 Å². The minimum absolute atomic E-state index is 0.194. The molecule has 1 aromatic rings. The van der Waals surface area contributed by atoms with Gasteiger partial charge < -0.3 is 19.7 Å². The second-order valence-corrected chi connectivity index (χ2v) is 7.35. The molecule has 3 heterocycles. The number of nitrogens with zero attached hydrogens (tertiary/aromatic N) is 1. The second kappa shape index (κ2) is 8.28. The first-order valence-corrected chi connectivity index (χ1v) is 9.85. The van der Waals surface area contributed by atoms with Crippen LogP contribution in [0.1, 0.15) is 41.6 Å². The molecule has 3 amide bonds. The fourth-order valence-electron chi connectivity index (χ4n) is 4.02. The Morgan fingerprint density at radius 3 is 2.68 bits per heavy atom. The lowest BCUT2D eigenvalue weighted by Gasteiger charge is -2.29. The molecule has 2 fully saturated rings. The molecule has 0 aromatic heterocycles. The number of nitrogens with one attached hydrogen (secondary N) is 2. The zero-order chi connectivity index (χ0) is 19.5. The molecule has 2 N–H and O–H groups in total. The lowest BCUT2D eigenvalue weighted by molar-refractivity contribution is -0.136. The van der Waals surface area contributed by atoms with Crippen molar-refractivity contribution in [3.8, 4) is 5.75 Å². The molecule has 1 aromatic carbocycles. The second-order valence-electron chi connectivity index (χ2n) is 7.35. The SMILES string of the molecule is O=C1CCC(N2Cc3c(OCCOC4CCNCC4)cccc3C2=O)C(=O)N1. The van der Waals surface area contributed by atoms with Crippen LogP contribution < -0.4 is 15.4 Å². The van der Waals surface area contributed by atoms with E-state index in [0.717, 1.165) is 31.5 Å². The molecule has 3 aliphatic heterocycles. The highest BCUT2D eigenvalue weighted by Crippen LogP contribution is 2.33. The van der Waals surface area contributed by atoms with Gasteiger partial charge in [0.25, 0.3) is 5.91 Å². The first-order chi connectivity index (χ1) is 13.6. The third-order valence-electron chi connectivity index (χ3n) is 5.52. The molecule has 8 heteroatoms. The van der Waals surface area contributed by atoms with E-state index in [0.29, 0.717) is 37.5 Å². The van der Waals surface area contributed by atoms with Crippen LogP contribution in [-0.4, -0.2) is 61.1 Å². The van der Waals surface area contributed by atoms with Crippen LogP contribution in [0.3, 0.4) is 0 Å². The molecular weight excluding hydrogens is 362 g/mol. The average molecular weight is 387 g/mol. The van der Waals surface area contributed by atoms with Gasteiger partial charge in [0.15, 0.2) is 0 Å². The molecule has 0 saturated carbocycles. The Morgan fingerprint density at radius 1 is 1.07 bits per heavy atom. The van der Waals surface area contributed by atoms with Gasteiger partial charge in [0.1, 0.15) is 18.4 Å². The molecule has 0 aliphatic carbocycles. The standard InChI is InChI=1S/C20H25N3O5/c24-18-5-4-16(19(25)22-18)23-12-15-14(20(23)26)2-1-3-17(15)28-11-10-27-13-6-8-21-9-7-13/h1-3,13,16,21H,4-12H2,(H,22,24,25). The van der Waals surface area contributed by atoms with Crippen molar-refractivity contribution >= 4 is 17.7 Å². The Bertz CT molecular complexity index is 775. The van der Waals surface area contributed by atoms with E-state index in [1.807, 2.05) is 6.07 Å². The molecule has 2 saturated heterocycles. The van der Waals surface area contributed by atoms with Gasteiger partial charge in [0.2, 0.25) is 11.8 Å². The van der Waals surface area contributed by atoms with E-state index in [2.05, 4.69) is 10.6 Å². The smallest absolute Gasteiger partial charge is 0.255 e. The number of carbonyl (C=O) groups excluding carboxylic acids is 3. The average Bonchev–Trinajstić information content (AvgIpc) is 3.03. The third kappa shape index (κ3) is 3.88. The summed E-state index contributed by atoms with van der Waals surface area (Å²) < 4.78 is 11.8. The summed E-state index contributed by atoms with van der Waals surface area (Å²) in [5.74, 6) is -0.242. The number of carbonyl (C=O) groups is 3. The van der Waals surface area contributed by atoms with E-state index >= 15 is 0 Å². The van der Waals surface area contributed by atoms with E-state index in [1.54, 1.807) is 12.1 Å². The molecule has 0 radical (unpaired) electrons. The number of piperidine rings is 2. The summed E-state index contributed by atoms with van der Waals surface area (Å²) in [4.78, 5) is 37.9. The molecule has 0 bridgehead atoms. The number of amides is 3. The summed E-state index contributed by atoms with van der Waals surface area (Å²) in [6.07, 6.45) is 2.89. The number of benzene rings is 1. The van der Waals surface area contributed by atoms with Crippen molar-refractivity contribution in [2.75, 3.05) is 26.3 Å². The van der Waals surface area contributed by atoms with Gasteiger partial charge in [0, 0.05) is 17.5 Å². The summed E-state index contributed by atoms with van der Waals surface area (Å²) in [5, 5.41) is 5.62. The minimum atomic E-state index is -0.617. The van der Waals surface area contributed by atoms with E-state index < -0.39 is 11.9 Å². The van der Waals surface area contributed by atoms with Crippen LogP contribution in [0.25, 0.3) is 0 Å². The van der Waals surface area contributed by atoms with Gasteiger partial charge in [-0.05, 0) is 44.5 Å². The Kier molecular flexibility index (Phi) is 5.59. The minimum Gasteiger partial charge on any atom is -0.491 e. The Hall–Kier alpha value is -2.45. The Labute approximate surface area is 163 Å². The van der Waals surface area contributed by atoms with Gasteiger partial charge in [-0.1, -0.05) is 6.07 Å². The largest absolute Gasteiger partial charge is 0.491 e. The monoisotopic (exact) mass is 387 g/mol. The summed E-state index contributed by atoms with van der Waals surface area (Å²) in [7, 11) is 0. The zero-order valence-electron chi connectivity index (χ0n) is 15.7. The summed E-state index contributed by atoms with van der Waals surface area (Å²) in [6, 6.07) is 4.76. The quantitative estimate of drug-likeness (QED) is 0.548. The molecule has 8 nitrogen and oxygen atoms in total. The lowest BCUT2D eigenvalue weighted by atomic mass is 10.0. The van der Waals surface area contributed by atoms with E-state index in [1.165, 1.54) is 4.90 Å². The normalized spacial score (nSPS) is 22.9. The van der Waals surface area contributed by atoms with Crippen LogP contribution in [0.15, 0.2) is 18.2 Å². The maximum Gasteiger partial charge on any atom is 0.255 e. The van der Waals surface area contributed by atoms with Gasteiger partial charge in [-0.2, -0.15) is 0 Å². The van der Waals surface area contributed by atoms with Crippen molar-refractivity contribution in [1.29, 1.82) is 0 Å². The van der Waals surface area contributed by atoms with Crippen LogP contribution in [-0.2, 0) is 20.9 Å². The molecule has 150 valence electrons. The summed E-state index contributed by atoms with van der Waals surface area (Å²) >= 11 is 0. The third-order valence-corrected chi connectivity index (χ3v) is 5.52. The van der Waals surface area contributed by atoms with Gasteiger partial charge in [-0.3, -0.25) is 19.7 Å². The van der Waals surface area contributed by atoms with Gasteiger partial charge in [0.05, 0.1) is 19.3 Å². The zero-order valence-corrected chi connectivity index (χ0v) is 15.7. The molecular formula is C20H25N3O5. The topological polar surface area (TPSA) is 97.0 Å². The van der Waals surface area contributed by atoms with Gasteiger partial charge in [-0.15, -0.1) is 0 Å². The van der Waals surface area contributed by atoms with Crippen LogP contribution in [0.2, 0.25) is 0 Å². The molecule has 1 unspecified atom stereocenters. The lowest BCUT2D eigenvalue weighted by Crippen LogP contribution is -2.52. The fourth-order valence-corrected chi connectivity index (χ4v) is 4.02. The van der Waals surface area contributed by atoms with E-state index in [9.17, 15) is 14.4 Å². The van der Waals surface area contributed by atoms with E-state index in [-0.39, 0.29) is 24.3 Å². The van der Waals surface area contributed by atoms with Gasteiger partial charge >= 0.3 is 0 Å². The summed E-state index contributed by atoms with van der Waals surface area (Å²) in [5.41, 5.74) is 1.35. The van der Waals surface area contributed by atoms with Crippen LogP contribution in [0, 0.1) is 0 Å². The maximum absolute atomic E-state index is 12.8. The molecule has 0 spiro atoms. The predicted octanol–water partition coefficient (Wildman–Crippen LogP) is 0.595. The Morgan fingerprint density at radius 2 is 1.89 bits per heavy atom. The number of hydrogen-bond donors (Lipinski definition) is 2. The number of imide groups is 1. The number of hydrogen-bond acceptors (Lipinski definition) is 6. The molecule has 28 heavy (non-hydrogen) atoms. The van der Waals surface area contributed by atoms with Crippen LogP contribution in [0.5, 0.6) is 5.75 Å². The van der Waals surface area contributed by atoms with Gasteiger partial charge in [-0.25, -0.2) is 0 Å². The highest BCUT2D eigenvalue weighted by molar-refractivity contribution is 6.05. The Balaban J connectivity index is 1.37. The predicted molar refractivity (Wildman–Crippen MR) is 99.8 cm³/mol. The molecule has 4 rings (SSSR count). The highest BCUT2D eigenvalue weighted by atomic mass is 16.5. The van der Waals surface area contributed by atoms with Crippen LogP contribution >= 0.6 is 0 Å². The summed E-state index contributed by atoms with van der Waals surface area (Å²) in [6.45, 7) is 3.18. The van der Waals surface area contributed by atoms with Crippen LogP contribution in [0.4, 0.5) is 0 Å².